The van der Waals surface area contributed by atoms with Crippen LogP contribution < -0.4 is 0 Å². The topological polar surface area (TPSA) is 59.0 Å². The molecule has 0 aliphatic rings. The van der Waals surface area contributed by atoms with Crippen LogP contribution in [0.2, 0.25) is 0 Å². The Morgan fingerprint density at radius 3 is 2.73 bits per heavy atom. The van der Waals surface area contributed by atoms with Gasteiger partial charge in [-0.25, -0.2) is 9.97 Å². The van der Waals surface area contributed by atoms with E-state index in [9.17, 15) is 4.79 Å². The van der Waals surface area contributed by atoms with Crippen molar-refractivity contribution in [1.29, 1.82) is 0 Å². The second kappa shape index (κ2) is 7.01. The van der Waals surface area contributed by atoms with Crippen molar-refractivity contribution in [2.24, 2.45) is 0 Å². The van der Waals surface area contributed by atoms with Gasteiger partial charge in [-0.2, -0.15) is 0 Å². The number of amides is 1. The summed E-state index contributed by atoms with van der Waals surface area (Å²) in [7, 11) is 1.79. The zero-order chi connectivity index (χ0) is 17.9. The van der Waals surface area contributed by atoms with Gasteiger partial charge in [0, 0.05) is 35.8 Å². The van der Waals surface area contributed by atoms with Crippen LogP contribution >= 0.6 is 11.3 Å². The monoisotopic (exact) mass is 360 g/mol. The summed E-state index contributed by atoms with van der Waals surface area (Å²) in [6, 6.07) is 13.4. The molecule has 0 spiro atoms. The molecule has 0 unspecified atom stereocenters. The third-order valence-electron chi connectivity index (χ3n) is 4.15. The molecule has 3 aromatic heterocycles. The molecular formula is C20H16N4OS. The third kappa shape index (κ3) is 3.19. The van der Waals surface area contributed by atoms with Crippen LogP contribution in [0.15, 0.2) is 65.7 Å². The molecule has 26 heavy (non-hydrogen) atoms. The molecule has 0 fully saturated rings. The van der Waals surface area contributed by atoms with Gasteiger partial charge in [-0.05, 0) is 24.3 Å². The number of pyridine rings is 2. The molecule has 3 heterocycles. The minimum absolute atomic E-state index is 0.0492. The van der Waals surface area contributed by atoms with Gasteiger partial charge >= 0.3 is 0 Å². The summed E-state index contributed by atoms with van der Waals surface area (Å²) in [5.74, 6) is -0.0492. The first kappa shape index (κ1) is 16.4. The molecule has 4 aromatic rings. The van der Waals surface area contributed by atoms with Gasteiger partial charge in [0.15, 0.2) is 0 Å². The number of hydrogen-bond acceptors (Lipinski definition) is 5. The van der Waals surface area contributed by atoms with Crippen molar-refractivity contribution in [2.45, 2.75) is 6.54 Å². The molecule has 1 amide bonds. The Kier molecular flexibility index (Phi) is 4.41. The number of thiazole rings is 1. The average molecular weight is 360 g/mol. The van der Waals surface area contributed by atoms with Gasteiger partial charge in [-0.3, -0.25) is 9.78 Å². The maximum atomic E-state index is 13.1. The zero-order valence-corrected chi connectivity index (χ0v) is 15.0. The van der Waals surface area contributed by atoms with Crippen molar-refractivity contribution in [3.63, 3.8) is 0 Å². The van der Waals surface area contributed by atoms with Crippen molar-refractivity contribution < 1.29 is 4.79 Å². The van der Waals surface area contributed by atoms with E-state index in [2.05, 4.69) is 9.97 Å². The predicted octanol–water partition coefficient (Wildman–Crippen LogP) is 4.03. The van der Waals surface area contributed by atoms with Crippen LogP contribution in [0.4, 0.5) is 0 Å². The van der Waals surface area contributed by atoms with Crippen LogP contribution in [0, 0.1) is 0 Å². The number of benzene rings is 1. The van der Waals surface area contributed by atoms with Crippen molar-refractivity contribution in [2.75, 3.05) is 7.05 Å². The number of rotatable bonds is 4. The summed E-state index contributed by atoms with van der Waals surface area (Å²) in [5.41, 5.74) is 5.79. The summed E-state index contributed by atoms with van der Waals surface area (Å²) in [4.78, 5) is 27.8. The van der Waals surface area contributed by atoms with Gasteiger partial charge in [-0.15, -0.1) is 11.3 Å². The van der Waals surface area contributed by atoms with E-state index in [1.165, 1.54) is 11.3 Å². The molecule has 0 saturated carbocycles. The maximum absolute atomic E-state index is 13.1. The summed E-state index contributed by atoms with van der Waals surface area (Å²) in [6.07, 6.45) is 3.45. The predicted molar refractivity (Wildman–Crippen MR) is 103 cm³/mol. The molecule has 0 atom stereocenters. The molecule has 0 aliphatic carbocycles. The minimum atomic E-state index is -0.0492. The molecule has 0 bridgehead atoms. The molecule has 0 N–H and O–H groups in total. The van der Waals surface area contributed by atoms with Gasteiger partial charge in [0.2, 0.25) is 0 Å². The third-order valence-corrected chi connectivity index (χ3v) is 4.79. The Morgan fingerprint density at radius 2 is 1.96 bits per heavy atom. The van der Waals surface area contributed by atoms with Crippen LogP contribution in [0.5, 0.6) is 0 Å². The van der Waals surface area contributed by atoms with E-state index in [-0.39, 0.29) is 5.91 Å². The largest absolute Gasteiger partial charge is 0.336 e. The smallest absolute Gasteiger partial charge is 0.254 e. The zero-order valence-electron chi connectivity index (χ0n) is 14.2. The fourth-order valence-electron chi connectivity index (χ4n) is 2.86. The molecule has 4 rings (SSSR count). The molecule has 5 nitrogen and oxygen atoms in total. The highest BCUT2D eigenvalue weighted by Gasteiger charge is 2.18. The number of carbonyl (C=O) groups excluding carboxylic acids is 1. The molecule has 128 valence electrons. The fraction of sp³-hybridized carbons (Fsp3) is 0.100. The van der Waals surface area contributed by atoms with Crippen LogP contribution in [0.3, 0.4) is 0 Å². The van der Waals surface area contributed by atoms with Gasteiger partial charge in [0.1, 0.15) is 0 Å². The quantitative estimate of drug-likeness (QED) is 0.551. The van der Waals surface area contributed by atoms with Gasteiger partial charge in [0.05, 0.1) is 34.5 Å². The number of nitrogens with zero attached hydrogens (tertiary/aromatic N) is 4. The summed E-state index contributed by atoms with van der Waals surface area (Å²) < 4.78 is 0. The van der Waals surface area contributed by atoms with Gasteiger partial charge in [-0.1, -0.05) is 18.2 Å². The first-order valence-electron chi connectivity index (χ1n) is 8.15. The maximum Gasteiger partial charge on any atom is 0.254 e. The van der Waals surface area contributed by atoms with Crippen molar-refractivity contribution >= 4 is 28.1 Å². The van der Waals surface area contributed by atoms with Crippen molar-refractivity contribution in [3.05, 3.63) is 77.0 Å². The highest BCUT2D eigenvalue weighted by Crippen LogP contribution is 2.25. The standard InChI is InChI=1S/C20H16N4OS/c1-24(11-15-12-26-13-22-15)20(25)17-10-19(14-6-8-21-9-7-14)23-18-5-3-2-4-16(17)18/h2-10,12-13H,11H2,1H3. The van der Waals surface area contributed by atoms with Crippen LogP contribution in [-0.4, -0.2) is 32.8 Å². The summed E-state index contributed by atoms with van der Waals surface area (Å²) in [5, 5.41) is 2.80. The Balaban J connectivity index is 1.78. The van der Waals surface area contributed by atoms with Crippen molar-refractivity contribution in [3.8, 4) is 11.3 Å². The fourth-order valence-corrected chi connectivity index (χ4v) is 3.41. The van der Waals surface area contributed by atoms with Gasteiger partial charge in [0.25, 0.3) is 5.91 Å². The Bertz CT molecular complexity index is 1050. The number of carbonyl (C=O) groups is 1. The molecule has 1 aromatic carbocycles. The number of aromatic nitrogens is 3. The van der Waals surface area contributed by atoms with E-state index in [1.807, 2.05) is 47.8 Å². The average Bonchev–Trinajstić information content (AvgIpc) is 3.20. The molecule has 0 radical (unpaired) electrons. The molecule has 0 aliphatic heterocycles. The lowest BCUT2D eigenvalue weighted by Crippen LogP contribution is -2.26. The Morgan fingerprint density at radius 1 is 1.15 bits per heavy atom. The molecule has 6 heteroatoms. The lowest BCUT2D eigenvalue weighted by Gasteiger charge is -2.18. The highest BCUT2D eigenvalue weighted by atomic mass is 32.1. The van der Waals surface area contributed by atoms with Crippen LogP contribution in [-0.2, 0) is 6.54 Å². The number of hydrogen-bond donors (Lipinski definition) is 0. The SMILES string of the molecule is CN(Cc1cscn1)C(=O)c1cc(-c2ccncc2)nc2ccccc12. The van der Waals surface area contributed by atoms with Gasteiger partial charge < -0.3 is 4.90 Å². The lowest BCUT2D eigenvalue weighted by atomic mass is 10.0. The van der Waals surface area contributed by atoms with E-state index >= 15 is 0 Å². The highest BCUT2D eigenvalue weighted by molar-refractivity contribution is 7.07. The van der Waals surface area contributed by atoms with E-state index in [0.717, 1.165) is 27.9 Å². The summed E-state index contributed by atoms with van der Waals surface area (Å²) >= 11 is 1.53. The normalized spacial score (nSPS) is 10.8. The minimum Gasteiger partial charge on any atom is -0.336 e. The first-order valence-corrected chi connectivity index (χ1v) is 9.09. The molecule has 0 saturated heterocycles. The molecular weight excluding hydrogens is 344 g/mol. The second-order valence-electron chi connectivity index (χ2n) is 5.95. The van der Waals surface area contributed by atoms with E-state index < -0.39 is 0 Å². The van der Waals surface area contributed by atoms with Crippen LogP contribution in [0.25, 0.3) is 22.2 Å². The first-order chi connectivity index (χ1) is 12.7. The van der Waals surface area contributed by atoms with E-state index in [4.69, 9.17) is 4.98 Å². The lowest BCUT2D eigenvalue weighted by molar-refractivity contribution is 0.0785. The number of fused-ring (bicyclic) bond motifs is 1. The van der Waals surface area contributed by atoms with E-state index in [1.54, 1.807) is 29.9 Å². The van der Waals surface area contributed by atoms with E-state index in [0.29, 0.717) is 12.1 Å². The summed E-state index contributed by atoms with van der Waals surface area (Å²) in [6.45, 7) is 0.476. The Hall–Kier alpha value is -3.12. The van der Waals surface area contributed by atoms with Crippen molar-refractivity contribution in [1.82, 2.24) is 19.9 Å². The second-order valence-corrected chi connectivity index (χ2v) is 6.67. The van der Waals surface area contributed by atoms with Crippen LogP contribution in [0.1, 0.15) is 16.1 Å². The Labute approximate surface area is 155 Å². The number of para-hydroxylation sites is 1.